The van der Waals surface area contributed by atoms with Gasteiger partial charge in [0.2, 0.25) is 0 Å². The zero-order chi connectivity index (χ0) is 15.4. The summed E-state index contributed by atoms with van der Waals surface area (Å²) in [4.78, 5) is 10.9. The molecular formula is C18H21NO3. The molecule has 1 aliphatic carbocycles. The van der Waals surface area contributed by atoms with Crippen LogP contribution in [0.4, 0.5) is 0 Å². The second-order valence-electron chi connectivity index (χ2n) is 5.90. The van der Waals surface area contributed by atoms with Crippen molar-refractivity contribution in [1.82, 2.24) is 5.32 Å². The summed E-state index contributed by atoms with van der Waals surface area (Å²) >= 11 is 0. The van der Waals surface area contributed by atoms with Crippen molar-refractivity contribution >= 4 is 5.97 Å². The van der Waals surface area contributed by atoms with Gasteiger partial charge in [-0.15, -0.1) is 0 Å². The highest BCUT2D eigenvalue weighted by Crippen LogP contribution is 2.25. The van der Waals surface area contributed by atoms with Crippen molar-refractivity contribution in [1.29, 1.82) is 0 Å². The minimum atomic E-state index is -0.656. The average Bonchev–Trinajstić information content (AvgIpc) is 3.03. The highest BCUT2D eigenvalue weighted by molar-refractivity contribution is 5.70. The molecule has 1 aliphatic rings. The fourth-order valence-electron chi connectivity index (χ4n) is 3.02. The monoisotopic (exact) mass is 299 g/mol. The molecule has 0 unspecified atom stereocenters. The zero-order valence-electron chi connectivity index (χ0n) is 12.5. The minimum absolute atomic E-state index is 0.161. The van der Waals surface area contributed by atoms with Gasteiger partial charge >= 0.3 is 5.97 Å². The van der Waals surface area contributed by atoms with Gasteiger partial charge in [-0.2, -0.15) is 0 Å². The number of carbonyl (C=O) groups is 1. The fourth-order valence-corrected chi connectivity index (χ4v) is 3.02. The largest absolute Gasteiger partial charge is 0.481 e. The molecule has 4 nitrogen and oxygen atoms in total. The first kappa shape index (κ1) is 14.9. The Morgan fingerprint density at radius 1 is 1.09 bits per heavy atom. The number of carboxylic acids is 1. The van der Waals surface area contributed by atoms with E-state index in [2.05, 4.69) is 5.32 Å². The maximum absolute atomic E-state index is 10.9. The van der Waals surface area contributed by atoms with Crippen molar-refractivity contribution in [2.45, 2.75) is 38.3 Å². The topological polar surface area (TPSA) is 62.5 Å². The standard InChI is InChI=1S/C18H21NO3/c20-18(21)14-6-8-15(9-7-14)19-12-16-10-11-17(22-16)13-4-2-1-3-5-13/h1-5,10-11,14-15,19H,6-9,12H2,(H,20,21). The molecule has 4 heteroatoms. The number of aliphatic carboxylic acids is 1. The Morgan fingerprint density at radius 2 is 1.82 bits per heavy atom. The van der Waals surface area contributed by atoms with E-state index >= 15 is 0 Å². The van der Waals surface area contributed by atoms with Crippen LogP contribution in [0.2, 0.25) is 0 Å². The van der Waals surface area contributed by atoms with Crippen LogP contribution >= 0.6 is 0 Å². The molecule has 2 aromatic rings. The van der Waals surface area contributed by atoms with Gasteiger partial charge in [0, 0.05) is 11.6 Å². The quantitative estimate of drug-likeness (QED) is 0.884. The first-order valence-corrected chi connectivity index (χ1v) is 7.82. The molecule has 1 aromatic carbocycles. The van der Waals surface area contributed by atoms with Crippen LogP contribution in [0.25, 0.3) is 11.3 Å². The molecule has 0 aliphatic heterocycles. The molecule has 0 spiro atoms. The predicted octanol–water partition coefficient (Wildman–Crippen LogP) is 3.68. The summed E-state index contributed by atoms with van der Waals surface area (Å²) < 4.78 is 5.86. The summed E-state index contributed by atoms with van der Waals surface area (Å²) in [5, 5.41) is 12.5. The molecule has 1 saturated carbocycles. The lowest BCUT2D eigenvalue weighted by atomic mass is 9.86. The SMILES string of the molecule is O=C(O)C1CCC(NCc2ccc(-c3ccccc3)o2)CC1. The van der Waals surface area contributed by atoms with Gasteiger partial charge in [0.15, 0.2) is 0 Å². The molecule has 3 rings (SSSR count). The van der Waals surface area contributed by atoms with Crippen LogP contribution < -0.4 is 5.32 Å². The van der Waals surface area contributed by atoms with Gasteiger partial charge < -0.3 is 14.8 Å². The van der Waals surface area contributed by atoms with Gasteiger partial charge in [-0.25, -0.2) is 0 Å². The van der Waals surface area contributed by atoms with Crippen molar-refractivity contribution in [3.05, 3.63) is 48.2 Å². The lowest BCUT2D eigenvalue weighted by Gasteiger charge is -2.26. The van der Waals surface area contributed by atoms with E-state index in [1.165, 1.54) is 0 Å². The number of carboxylic acid groups (broad SMARTS) is 1. The van der Waals surface area contributed by atoms with Gasteiger partial charge in [-0.1, -0.05) is 30.3 Å². The second-order valence-corrected chi connectivity index (χ2v) is 5.90. The van der Waals surface area contributed by atoms with Gasteiger partial charge in [0.05, 0.1) is 12.5 Å². The Hall–Kier alpha value is -2.07. The Labute approximate surface area is 130 Å². The van der Waals surface area contributed by atoms with Gasteiger partial charge in [-0.05, 0) is 37.8 Å². The first-order chi connectivity index (χ1) is 10.7. The maximum atomic E-state index is 10.9. The van der Waals surface area contributed by atoms with Crippen LogP contribution in [0.15, 0.2) is 46.9 Å². The third kappa shape index (κ3) is 3.57. The van der Waals surface area contributed by atoms with Crippen LogP contribution in [0.1, 0.15) is 31.4 Å². The normalized spacial score (nSPS) is 21.6. The fraction of sp³-hybridized carbons (Fsp3) is 0.389. The number of benzene rings is 1. The molecule has 0 bridgehead atoms. The summed E-state index contributed by atoms with van der Waals surface area (Å²) in [6.07, 6.45) is 3.37. The predicted molar refractivity (Wildman–Crippen MR) is 84.4 cm³/mol. The van der Waals surface area contributed by atoms with Crippen LogP contribution in [-0.2, 0) is 11.3 Å². The molecular weight excluding hydrogens is 278 g/mol. The highest BCUT2D eigenvalue weighted by Gasteiger charge is 2.25. The Balaban J connectivity index is 1.51. The third-order valence-corrected chi connectivity index (χ3v) is 4.36. The lowest BCUT2D eigenvalue weighted by molar-refractivity contribution is -0.142. The summed E-state index contributed by atoms with van der Waals surface area (Å²) in [6, 6.07) is 14.4. The van der Waals surface area contributed by atoms with Crippen LogP contribution in [0, 0.1) is 5.92 Å². The van der Waals surface area contributed by atoms with E-state index in [4.69, 9.17) is 9.52 Å². The minimum Gasteiger partial charge on any atom is -0.481 e. The Kier molecular flexibility index (Phi) is 4.59. The van der Waals surface area contributed by atoms with Crippen molar-refractivity contribution in [3.8, 4) is 11.3 Å². The van der Waals surface area contributed by atoms with Crippen LogP contribution in [-0.4, -0.2) is 17.1 Å². The van der Waals surface area contributed by atoms with Crippen LogP contribution in [0.3, 0.4) is 0 Å². The molecule has 1 aromatic heterocycles. The van der Waals surface area contributed by atoms with Crippen molar-refractivity contribution < 1.29 is 14.3 Å². The molecule has 22 heavy (non-hydrogen) atoms. The summed E-state index contributed by atoms with van der Waals surface area (Å²) in [7, 11) is 0. The molecule has 0 amide bonds. The van der Waals surface area contributed by atoms with E-state index < -0.39 is 5.97 Å². The zero-order valence-corrected chi connectivity index (χ0v) is 12.5. The van der Waals surface area contributed by atoms with Gasteiger partial charge in [0.1, 0.15) is 11.5 Å². The van der Waals surface area contributed by atoms with Crippen molar-refractivity contribution in [2.75, 3.05) is 0 Å². The molecule has 1 heterocycles. The second kappa shape index (κ2) is 6.79. The molecule has 1 fully saturated rings. The van der Waals surface area contributed by atoms with Gasteiger partial charge in [0.25, 0.3) is 0 Å². The number of furan rings is 1. The molecule has 0 saturated heterocycles. The Morgan fingerprint density at radius 3 is 2.50 bits per heavy atom. The smallest absolute Gasteiger partial charge is 0.306 e. The van der Waals surface area contributed by atoms with E-state index in [1.54, 1.807) is 0 Å². The average molecular weight is 299 g/mol. The number of nitrogens with one attached hydrogen (secondary N) is 1. The van der Waals surface area contributed by atoms with Crippen LogP contribution in [0.5, 0.6) is 0 Å². The van der Waals surface area contributed by atoms with E-state index in [0.29, 0.717) is 12.6 Å². The summed E-state index contributed by atoms with van der Waals surface area (Å²) in [6.45, 7) is 0.690. The number of hydrogen-bond acceptors (Lipinski definition) is 3. The maximum Gasteiger partial charge on any atom is 0.306 e. The van der Waals surface area contributed by atoms with E-state index in [-0.39, 0.29) is 5.92 Å². The first-order valence-electron chi connectivity index (χ1n) is 7.82. The number of rotatable bonds is 5. The summed E-state index contributed by atoms with van der Waals surface area (Å²) in [5.41, 5.74) is 1.08. The molecule has 0 atom stereocenters. The summed E-state index contributed by atoms with van der Waals surface area (Å²) in [5.74, 6) is 0.981. The van der Waals surface area contributed by atoms with Crippen molar-refractivity contribution in [3.63, 3.8) is 0 Å². The molecule has 2 N–H and O–H groups in total. The van der Waals surface area contributed by atoms with E-state index in [1.807, 2.05) is 42.5 Å². The highest BCUT2D eigenvalue weighted by atomic mass is 16.4. The third-order valence-electron chi connectivity index (χ3n) is 4.36. The van der Waals surface area contributed by atoms with Gasteiger partial charge in [-0.3, -0.25) is 4.79 Å². The lowest BCUT2D eigenvalue weighted by Crippen LogP contribution is -2.34. The van der Waals surface area contributed by atoms with Crippen molar-refractivity contribution in [2.24, 2.45) is 5.92 Å². The van der Waals surface area contributed by atoms with E-state index in [0.717, 1.165) is 42.8 Å². The van der Waals surface area contributed by atoms with E-state index in [9.17, 15) is 4.79 Å². The molecule has 0 radical (unpaired) electrons. The Bertz CT molecular complexity index is 612. The molecule has 116 valence electrons. The number of hydrogen-bond donors (Lipinski definition) is 2.